The summed E-state index contributed by atoms with van der Waals surface area (Å²) in [6.07, 6.45) is 2.12. The summed E-state index contributed by atoms with van der Waals surface area (Å²) in [6.45, 7) is 6.65. The Labute approximate surface area is 120 Å². The van der Waals surface area contributed by atoms with Gasteiger partial charge >= 0.3 is 0 Å². The van der Waals surface area contributed by atoms with E-state index in [1.165, 1.54) is 11.3 Å². The lowest BCUT2D eigenvalue weighted by atomic mass is 10.1. The number of benzene rings is 1. The van der Waals surface area contributed by atoms with Crippen LogP contribution < -0.4 is 10.2 Å². The molecule has 20 heavy (non-hydrogen) atoms. The van der Waals surface area contributed by atoms with Crippen LogP contribution in [0.1, 0.15) is 18.4 Å². The normalized spacial score (nSPS) is 23.1. The number of rotatable bonds is 2. The van der Waals surface area contributed by atoms with Gasteiger partial charge in [0.1, 0.15) is 0 Å². The van der Waals surface area contributed by atoms with Crippen LogP contribution in [-0.2, 0) is 4.79 Å². The molecule has 0 bridgehead atoms. The minimum atomic E-state index is 0.0699. The van der Waals surface area contributed by atoms with Crippen LogP contribution in [0.5, 0.6) is 0 Å². The standard InChI is InChI=1S/C16H23N3O/c1-13-4-2-5-14(12-13)18-8-10-19(11-9-18)16(20)15-6-3-7-17-15/h2,4-5,12,15,17H,3,6-11H2,1H3. The molecule has 1 N–H and O–H groups in total. The number of amides is 1. The van der Waals surface area contributed by atoms with Gasteiger partial charge in [0.05, 0.1) is 6.04 Å². The second-order valence-electron chi connectivity index (χ2n) is 5.80. The third-order valence-electron chi connectivity index (χ3n) is 4.32. The summed E-state index contributed by atoms with van der Waals surface area (Å²) < 4.78 is 0. The molecule has 1 unspecified atom stereocenters. The molecule has 2 saturated heterocycles. The Morgan fingerprint density at radius 3 is 2.70 bits per heavy atom. The summed E-state index contributed by atoms with van der Waals surface area (Å²) in [5.74, 6) is 0.298. The first-order valence-electron chi connectivity index (χ1n) is 7.58. The molecule has 2 fully saturated rings. The fraction of sp³-hybridized carbons (Fsp3) is 0.562. The molecule has 1 aromatic carbocycles. The first-order valence-corrected chi connectivity index (χ1v) is 7.58. The van der Waals surface area contributed by atoms with E-state index in [1.54, 1.807) is 0 Å². The first kappa shape index (κ1) is 13.4. The topological polar surface area (TPSA) is 35.6 Å². The summed E-state index contributed by atoms with van der Waals surface area (Å²) in [5.41, 5.74) is 2.56. The number of piperazine rings is 1. The summed E-state index contributed by atoms with van der Waals surface area (Å²) in [6, 6.07) is 8.67. The smallest absolute Gasteiger partial charge is 0.239 e. The Morgan fingerprint density at radius 2 is 2.05 bits per heavy atom. The lowest BCUT2D eigenvalue weighted by Crippen LogP contribution is -2.53. The second kappa shape index (κ2) is 5.83. The molecule has 3 rings (SSSR count). The summed E-state index contributed by atoms with van der Waals surface area (Å²) in [7, 11) is 0. The fourth-order valence-corrected chi connectivity index (χ4v) is 3.13. The Kier molecular flexibility index (Phi) is 3.92. The number of anilines is 1. The highest BCUT2D eigenvalue weighted by Crippen LogP contribution is 2.18. The lowest BCUT2D eigenvalue weighted by molar-refractivity contribution is -0.133. The predicted molar refractivity (Wildman–Crippen MR) is 81.0 cm³/mol. The zero-order valence-corrected chi connectivity index (χ0v) is 12.1. The molecule has 4 nitrogen and oxygen atoms in total. The molecule has 2 aliphatic heterocycles. The van der Waals surface area contributed by atoms with Crippen LogP contribution >= 0.6 is 0 Å². The van der Waals surface area contributed by atoms with Crippen LogP contribution in [0.3, 0.4) is 0 Å². The van der Waals surface area contributed by atoms with Crippen molar-refractivity contribution in [1.82, 2.24) is 10.2 Å². The number of hydrogen-bond donors (Lipinski definition) is 1. The molecule has 0 saturated carbocycles. The van der Waals surface area contributed by atoms with Crippen molar-refractivity contribution in [1.29, 1.82) is 0 Å². The van der Waals surface area contributed by atoms with E-state index >= 15 is 0 Å². The minimum absolute atomic E-state index is 0.0699. The molecule has 1 amide bonds. The van der Waals surface area contributed by atoms with Crippen molar-refractivity contribution in [3.05, 3.63) is 29.8 Å². The van der Waals surface area contributed by atoms with E-state index in [2.05, 4.69) is 41.4 Å². The number of nitrogens with zero attached hydrogens (tertiary/aromatic N) is 2. The Hall–Kier alpha value is -1.55. The molecular formula is C16H23N3O. The highest BCUT2D eigenvalue weighted by Gasteiger charge is 2.29. The van der Waals surface area contributed by atoms with E-state index in [4.69, 9.17) is 0 Å². The molecule has 0 radical (unpaired) electrons. The SMILES string of the molecule is Cc1cccc(N2CCN(C(=O)C3CCCN3)CC2)c1. The van der Waals surface area contributed by atoms with Crippen molar-refractivity contribution >= 4 is 11.6 Å². The van der Waals surface area contributed by atoms with Gasteiger partial charge in [0, 0.05) is 31.9 Å². The van der Waals surface area contributed by atoms with Crippen LogP contribution in [-0.4, -0.2) is 49.6 Å². The number of aryl methyl sites for hydroxylation is 1. The van der Waals surface area contributed by atoms with Gasteiger partial charge in [0.15, 0.2) is 0 Å². The third kappa shape index (κ3) is 2.80. The Morgan fingerprint density at radius 1 is 1.25 bits per heavy atom. The second-order valence-corrected chi connectivity index (χ2v) is 5.80. The van der Waals surface area contributed by atoms with Crippen LogP contribution in [0.4, 0.5) is 5.69 Å². The molecular weight excluding hydrogens is 250 g/mol. The van der Waals surface area contributed by atoms with Gasteiger partial charge in [-0.3, -0.25) is 4.79 Å². The maximum absolute atomic E-state index is 12.3. The lowest BCUT2D eigenvalue weighted by Gasteiger charge is -2.37. The maximum Gasteiger partial charge on any atom is 0.239 e. The van der Waals surface area contributed by atoms with Crippen molar-refractivity contribution in [3.63, 3.8) is 0 Å². The van der Waals surface area contributed by atoms with Gasteiger partial charge < -0.3 is 15.1 Å². The van der Waals surface area contributed by atoms with Crippen molar-refractivity contribution in [2.75, 3.05) is 37.6 Å². The zero-order chi connectivity index (χ0) is 13.9. The van der Waals surface area contributed by atoms with Crippen LogP contribution in [0, 0.1) is 6.92 Å². The van der Waals surface area contributed by atoms with E-state index in [0.717, 1.165) is 45.6 Å². The van der Waals surface area contributed by atoms with Gasteiger partial charge in [0.2, 0.25) is 5.91 Å². The van der Waals surface area contributed by atoms with Gasteiger partial charge in [-0.2, -0.15) is 0 Å². The molecule has 2 aliphatic rings. The summed E-state index contributed by atoms with van der Waals surface area (Å²) in [5, 5.41) is 3.30. The van der Waals surface area contributed by atoms with Crippen LogP contribution in [0.15, 0.2) is 24.3 Å². The summed E-state index contributed by atoms with van der Waals surface area (Å²) in [4.78, 5) is 16.7. The number of nitrogens with one attached hydrogen (secondary N) is 1. The van der Waals surface area contributed by atoms with Gasteiger partial charge in [-0.15, -0.1) is 0 Å². The summed E-state index contributed by atoms with van der Waals surface area (Å²) >= 11 is 0. The van der Waals surface area contributed by atoms with E-state index in [1.807, 2.05) is 4.90 Å². The molecule has 0 aromatic heterocycles. The zero-order valence-electron chi connectivity index (χ0n) is 12.1. The molecule has 1 atom stereocenters. The number of carbonyl (C=O) groups excluding carboxylic acids is 1. The average Bonchev–Trinajstić information content (AvgIpc) is 3.01. The van der Waals surface area contributed by atoms with E-state index < -0.39 is 0 Å². The van der Waals surface area contributed by atoms with Crippen molar-refractivity contribution in [2.24, 2.45) is 0 Å². The van der Waals surface area contributed by atoms with Gasteiger partial charge in [-0.05, 0) is 44.0 Å². The highest BCUT2D eigenvalue weighted by atomic mass is 16.2. The fourth-order valence-electron chi connectivity index (χ4n) is 3.13. The molecule has 2 heterocycles. The largest absolute Gasteiger partial charge is 0.368 e. The quantitative estimate of drug-likeness (QED) is 0.884. The molecule has 0 aliphatic carbocycles. The molecule has 4 heteroatoms. The van der Waals surface area contributed by atoms with Gasteiger partial charge in [-0.25, -0.2) is 0 Å². The molecule has 108 valence electrons. The van der Waals surface area contributed by atoms with E-state index in [9.17, 15) is 4.79 Å². The van der Waals surface area contributed by atoms with Crippen molar-refractivity contribution in [2.45, 2.75) is 25.8 Å². The van der Waals surface area contributed by atoms with Gasteiger partial charge in [-0.1, -0.05) is 12.1 Å². The number of carbonyl (C=O) groups is 1. The molecule has 1 aromatic rings. The van der Waals surface area contributed by atoms with Crippen LogP contribution in [0.25, 0.3) is 0 Å². The average molecular weight is 273 g/mol. The predicted octanol–water partition coefficient (Wildman–Crippen LogP) is 1.40. The maximum atomic E-state index is 12.3. The monoisotopic (exact) mass is 273 g/mol. The Bertz CT molecular complexity index is 474. The minimum Gasteiger partial charge on any atom is -0.368 e. The molecule has 0 spiro atoms. The van der Waals surface area contributed by atoms with Crippen molar-refractivity contribution < 1.29 is 4.79 Å². The van der Waals surface area contributed by atoms with Crippen molar-refractivity contribution in [3.8, 4) is 0 Å². The Balaban J connectivity index is 1.58. The van der Waals surface area contributed by atoms with E-state index in [-0.39, 0.29) is 6.04 Å². The van der Waals surface area contributed by atoms with Gasteiger partial charge in [0.25, 0.3) is 0 Å². The first-order chi connectivity index (χ1) is 9.74. The third-order valence-corrected chi connectivity index (χ3v) is 4.32. The van der Waals surface area contributed by atoms with E-state index in [0.29, 0.717) is 5.91 Å². The highest BCUT2D eigenvalue weighted by molar-refractivity contribution is 5.82. The van der Waals surface area contributed by atoms with Crippen LogP contribution in [0.2, 0.25) is 0 Å². The number of hydrogen-bond acceptors (Lipinski definition) is 3.